The van der Waals surface area contributed by atoms with Gasteiger partial charge in [-0.3, -0.25) is 4.79 Å². The zero-order valence-corrected chi connectivity index (χ0v) is 20.2. The number of amides is 1. The third kappa shape index (κ3) is 3.56. The molecule has 5 aliphatic rings. The Hall–Kier alpha value is -1.30. The predicted octanol–water partition coefficient (Wildman–Crippen LogP) is 4.48. The van der Waals surface area contributed by atoms with E-state index in [4.69, 9.17) is 4.74 Å². The van der Waals surface area contributed by atoms with E-state index in [1.54, 1.807) is 0 Å². The Kier molecular flexibility index (Phi) is 5.75. The van der Waals surface area contributed by atoms with Gasteiger partial charge in [-0.25, -0.2) is 4.79 Å². The van der Waals surface area contributed by atoms with Crippen LogP contribution >= 0.6 is 0 Å². The number of likely N-dealkylation sites (N-methyl/N-ethyl adjacent to an activating group) is 1. The quantitative estimate of drug-likeness (QED) is 0.677. The van der Waals surface area contributed by atoms with Crippen molar-refractivity contribution in [2.24, 2.45) is 40.4 Å². The van der Waals surface area contributed by atoms with Gasteiger partial charge in [-0.15, -0.1) is 0 Å². The summed E-state index contributed by atoms with van der Waals surface area (Å²) in [6.45, 7) is 8.18. The standard InChI is InChI=1S/C26H42N2O4/c1-25-10-8-18(32-24(31)28-14-12-27(3)13-15-28)16-17(25)4-5-19-20-6-7-22(23(29)30)26(20,2)11-9-21(19)25/h17-22H,4-16H2,1-3H3,(H,29,30)/t17?,18?,19-,20-,21-,22?,25-,26-/m0/s1. The summed E-state index contributed by atoms with van der Waals surface area (Å²) in [6.07, 6.45) is 9.75. The van der Waals surface area contributed by atoms with Gasteiger partial charge < -0.3 is 19.6 Å². The van der Waals surface area contributed by atoms with Crippen molar-refractivity contribution in [3.05, 3.63) is 0 Å². The molecule has 6 heteroatoms. The lowest BCUT2D eigenvalue weighted by atomic mass is 9.44. The van der Waals surface area contributed by atoms with Gasteiger partial charge in [0.2, 0.25) is 0 Å². The third-order valence-corrected chi connectivity index (χ3v) is 10.9. The summed E-state index contributed by atoms with van der Waals surface area (Å²) < 4.78 is 6.03. The lowest BCUT2D eigenvalue weighted by molar-refractivity contribution is -0.154. The number of carboxylic acid groups (broad SMARTS) is 1. The van der Waals surface area contributed by atoms with Crippen molar-refractivity contribution in [2.45, 2.75) is 77.7 Å². The molecule has 5 fully saturated rings. The van der Waals surface area contributed by atoms with Crippen molar-refractivity contribution in [2.75, 3.05) is 33.2 Å². The Morgan fingerprint density at radius 2 is 1.56 bits per heavy atom. The number of fused-ring (bicyclic) bond motifs is 5. The topological polar surface area (TPSA) is 70.1 Å². The van der Waals surface area contributed by atoms with Gasteiger partial charge in [0, 0.05) is 26.2 Å². The largest absolute Gasteiger partial charge is 0.481 e. The minimum atomic E-state index is -0.573. The van der Waals surface area contributed by atoms with Gasteiger partial charge in [0.1, 0.15) is 6.10 Å². The van der Waals surface area contributed by atoms with E-state index >= 15 is 0 Å². The summed E-state index contributed by atoms with van der Waals surface area (Å²) in [4.78, 5) is 28.8. The van der Waals surface area contributed by atoms with E-state index in [1.807, 2.05) is 4.90 Å². The molecule has 0 radical (unpaired) electrons. The van der Waals surface area contributed by atoms with Crippen LogP contribution in [0.1, 0.15) is 71.6 Å². The fraction of sp³-hybridized carbons (Fsp3) is 0.923. The molecule has 6 nitrogen and oxygen atoms in total. The van der Waals surface area contributed by atoms with E-state index in [0.717, 1.165) is 64.7 Å². The molecule has 1 N–H and O–H groups in total. The highest BCUT2D eigenvalue weighted by Gasteiger charge is 2.61. The zero-order chi connectivity index (χ0) is 22.7. The highest BCUT2D eigenvalue weighted by molar-refractivity contribution is 5.71. The van der Waals surface area contributed by atoms with Gasteiger partial charge in [0.25, 0.3) is 0 Å². The number of aliphatic carboxylic acids is 1. The minimum absolute atomic E-state index is 0.00849. The Balaban J connectivity index is 1.23. The van der Waals surface area contributed by atoms with Crippen LogP contribution in [0.3, 0.4) is 0 Å². The maximum absolute atomic E-state index is 12.7. The molecule has 3 unspecified atom stereocenters. The first kappa shape index (κ1) is 22.5. The molecule has 4 aliphatic carbocycles. The van der Waals surface area contributed by atoms with Crippen molar-refractivity contribution in [3.63, 3.8) is 0 Å². The molecule has 0 aromatic carbocycles. The molecule has 0 aromatic heterocycles. The summed E-state index contributed by atoms with van der Waals surface area (Å²) >= 11 is 0. The maximum atomic E-state index is 12.7. The second-order valence-corrected chi connectivity index (χ2v) is 12.2. The van der Waals surface area contributed by atoms with Crippen LogP contribution in [-0.4, -0.2) is 66.3 Å². The first-order valence-electron chi connectivity index (χ1n) is 13.1. The fourth-order valence-corrected chi connectivity index (χ4v) is 8.94. The Morgan fingerprint density at radius 3 is 2.28 bits per heavy atom. The predicted molar refractivity (Wildman–Crippen MR) is 122 cm³/mol. The average Bonchev–Trinajstić information content (AvgIpc) is 3.12. The van der Waals surface area contributed by atoms with Crippen LogP contribution in [0.4, 0.5) is 4.79 Å². The molecule has 0 spiro atoms. The van der Waals surface area contributed by atoms with E-state index in [9.17, 15) is 14.7 Å². The molecule has 1 amide bonds. The van der Waals surface area contributed by atoms with E-state index in [1.165, 1.54) is 19.3 Å². The van der Waals surface area contributed by atoms with Crippen molar-refractivity contribution >= 4 is 12.1 Å². The number of piperazine rings is 1. The smallest absolute Gasteiger partial charge is 0.410 e. The fourth-order valence-electron chi connectivity index (χ4n) is 8.94. The van der Waals surface area contributed by atoms with E-state index in [-0.39, 0.29) is 23.5 Å². The molecule has 180 valence electrons. The molecule has 0 bridgehead atoms. The Morgan fingerprint density at radius 1 is 0.875 bits per heavy atom. The molecule has 1 saturated heterocycles. The lowest BCUT2D eigenvalue weighted by Crippen LogP contribution is -2.55. The van der Waals surface area contributed by atoms with Crippen LogP contribution in [0.15, 0.2) is 0 Å². The van der Waals surface area contributed by atoms with Gasteiger partial charge in [-0.1, -0.05) is 13.8 Å². The Bertz CT molecular complexity index is 750. The number of ether oxygens (including phenoxy) is 1. The average molecular weight is 447 g/mol. The Labute approximate surface area is 193 Å². The molecule has 5 rings (SSSR count). The van der Waals surface area contributed by atoms with Crippen LogP contribution < -0.4 is 0 Å². The second kappa shape index (κ2) is 8.18. The van der Waals surface area contributed by atoms with Crippen LogP contribution in [0, 0.1) is 40.4 Å². The first-order valence-corrected chi connectivity index (χ1v) is 13.1. The SMILES string of the molecule is CN1CCN(C(=O)OC2CC[C@@]3(C)C(CC[C@@H]4[C@@H]3CC[C@]3(C)C(C(=O)O)CC[C@@H]43)C2)CC1. The van der Waals surface area contributed by atoms with Gasteiger partial charge in [-0.05, 0) is 99.3 Å². The molecule has 32 heavy (non-hydrogen) atoms. The lowest BCUT2D eigenvalue weighted by Gasteiger charge is -2.60. The summed E-state index contributed by atoms with van der Waals surface area (Å²) in [5, 5.41) is 9.81. The molecule has 1 aliphatic heterocycles. The number of hydrogen-bond acceptors (Lipinski definition) is 4. The minimum Gasteiger partial charge on any atom is -0.481 e. The van der Waals surface area contributed by atoms with Gasteiger partial charge in [0.15, 0.2) is 0 Å². The summed E-state index contributed by atoms with van der Waals surface area (Å²) in [5.74, 6) is 1.88. The number of carbonyl (C=O) groups is 2. The number of nitrogens with zero attached hydrogens (tertiary/aromatic N) is 2. The van der Waals surface area contributed by atoms with Crippen LogP contribution in [0.2, 0.25) is 0 Å². The molecular weight excluding hydrogens is 404 g/mol. The van der Waals surface area contributed by atoms with Crippen molar-refractivity contribution in [1.82, 2.24) is 9.80 Å². The molecule has 4 saturated carbocycles. The molecular formula is C26H42N2O4. The highest BCUT2D eigenvalue weighted by Crippen LogP contribution is 2.67. The van der Waals surface area contributed by atoms with E-state index < -0.39 is 5.97 Å². The van der Waals surface area contributed by atoms with Gasteiger partial charge in [-0.2, -0.15) is 0 Å². The number of carbonyl (C=O) groups excluding carboxylic acids is 1. The highest BCUT2D eigenvalue weighted by atomic mass is 16.6. The van der Waals surface area contributed by atoms with Crippen molar-refractivity contribution in [1.29, 1.82) is 0 Å². The van der Waals surface area contributed by atoms with Gasteiger partial charge in [0.05, 0.1) is 5.92 Å². The summed E-state index contributed by atoms with van der Waals surface area (Å²) in [7, 11) is 2.10. The molecule has 1 heterocycles. The van der Waals surface area contributed by atoms with Crippen molar-refractivity contribution < 1.29 is 19.4 Å². The van der Waals surface area contributed by atoms with Crippen LogP contribution in [0.25, 0.3) is 0 Å². The number of hydrogen-bond donors (Lipinski definition) is 1. The third-order valence-electron chi connectivity index (χ3n) is 10.9. The van der Waals surface area contributed by atoms with Crippen LogP contribution in [-0.2, 0) is 9.53 Å². The zero-order valence-electron chi connectivity index (χ0n) is 20.2. The normalized spacial score (nSPS) is 46.7. The maximum Gasteiger partial charge on any atom is 0.410 e. The molecule has 8 atom stereocenters. The van der Waals surface area contributed by atoms with E-state index in [0.29, 0.717) is 29.1 Å². The van der Waals surface area contributed by atoms with Gasteiger partial charge >= 0.3 is 12.1 Å². The van der Waals surface area contributed by atoms with Crippen LogP contribution in [0.5, 0.6) is 0 Å². The van der Waals surface area contributed by atoms with Crippen molar-refractivity contribution in [3.8, 4) is 0 Å². The summed E-state index contributed by atoms with van der Waals surface area (Å²) in [5.41, 5.74) is 0.313. The number of carboxylic acids is 1. The van der Waals surface area contributed by atoms with E-state index in [2.05, 4.69) is 25.8 Å². The molecule has 0 aromatic rings. The monoisotopic (exact) mass is 446 g/mol. The number of rotatable bonds is 2. The second-order valence-electron chi connectivity index (χ2n) is 12.2. The first-order chi connectivity index (χ1) is 15.2. The summed E-state index contributed by atoms with van der Waals surface area (Å²) in [6, 6.07) is 0.